The molecular weight excluding hydrogens is 336 g/mol. The standard InChI is InChI=1S/C21H26N6/c22-14-18-6-7-21(24-15-18)27-9-3-4-19(17-27)16-25-10-12-26(13-11-25)20-5-1-2-8-23-20/h1-2,5-8,15,19H,3-4,9-13,16-17H2/t19-/m0/s1. The van der Waals surface area contributed by atoms with Gasteiger partial charge in [0, 0.05) is 58.2 Å². The Morgan fingerprint density at radius 2 is 1.81 bits per heavy atom. The normalized spacial score (nSPS) is 21.1. The van der Waals surface area contributed by atoms with Crippen LogP contribution in [-0.2, 0) is 0 Å². The maximum absolute atomic E-state index is 8.94. The quantitative estimate of drug-likeness (QED) is 0.832. The van der Waals surface area contributed by atoms with Crippen LogP contribution in [0, 0.1) is 17.2 Å². The molecule has 0 aliphatic carbocycles. The van der Waals surface area contributed by atoms with Gasteiger partial charge in [0.15, 0.2) is 0 Å². The topological polar surface area (TPSA) is 59.3 Å². The SMILES string of the molecule is N#Cc1ccc(N2CCC[C@@H](CN3CCN(c4ccccn4)CC3)C2)nc1. The van der Waals surface area contributed by atoms with Crippen molar-refractivity contribution in [1.82, 2.24) is 14.9 Å². The summed E-state index contributed by atoms with van der Waals surface area (Å²) in [6, 6.07) is 12.1. The van der Waals surface area contributed by atoms with E-state index in [2.05, 4.69) is 42.9 Å². The summed E-state index contributed by atoms with van der Waals surface area (Å²) < 4.78 is 0. The highest BCUT2D eigenvalue weighted by molar-refractivity contribution is 5.42. The van der Waals surface area contributed by atoms with Crippen molar-refractivity contribution in [3.63, 3.8) is 0 Å². The molecule has 2 aliphatic rings. The van der Waals surface area contributed by atoms with Gasteiger partial charge >= 0.3 is 0 Å². The van der Waals surface area contributed by atoms with Gasteiger partial charge in [-0.3, -0.25) is 4.90 Å². The van der Waals surface area contributed by atoms with Crippen LogP contribution in [0.4, 0.5) is 11.6 Å². The van der Waals surface area contributed by atoms with Gasteiger partial charge in [-0.15, -0.1) is 0 Å². The Kier molecular flexibility index (Phi) is 5.50. The first-order valence-electron chi connectivity index (χ1n) is 9.81. The Labute approximate surface area is 161 Å². The highest BCUT2D eigenvalue weighted by Crippen LogP contribution is 2.23. The van der Waals surface area contributed by atoms with Gasteiger partial charge in [-0.1, -0.05) is 6.07 Å². The maximum atomic E-state index is 8.94. The first-order valence-corrected chi connectivity index (χ1v) is 9.81. The molecule has 2 fully saturated rings. The lowest BCUT2D eigenvalue weighted by atomic mass is 9.97. The number of aromatic nitrogens is 2. The van der Waals surface area contributed by atoms with Gasteiger partial charge in [-0.05, 0) is 43.0 Å². The molecule has 2 aliphatic heterocycles. The number of pyridine rings is 2. The van der Waals surface area contributed by atoms with E-state index < -0.39 is 0 Å². The fraction of sp³-hybridized carbons (Fsp3) is 0.476. The Hall–Kier alpha value is -2.65. The van der Waals surface area contributed by atoms with E-state index in [-0.39, 0.29) is 0 Å². The summed E-state index contributed by atoms with van der Waals surface area (Å²) in [5, 5.41) is 8.94. The second-order valence-electron chi connectivity index (χ2n) is 7.45. The lowest BCUT2D eigenvalue weighted by molar-refractivity contribution is 0.205. The molecule has 6 heteroatoms. The van der Waals surface area contributed by atoms with Crippen LogP contribution in [0.5, 0.6) is 0 Å². The van der Waals surface area contributed by atoms with Crippen molar-refractivity contribution in [2.24, 2.45) is 5.92 Å². The molecule has 2 saturated heterocycles. The van der Waals surface area contributed by atoms with E-state index in [9.17, 15) is 0 Å². The fourth-order valence-electron chi connectivity index (χ4n) is 4.13. The zero-order valence-electron chi connectivity index (χ0n) is 15.7. The minimum atomic E-state index is 0.623. The van der Waals surface area contributed by atoms with Crippen molar-refractivity contribution in [3.05, 3.63) is 48.3 Å². The Morgan fingerprint density at radius 3 is 2.52 bits per heavy atom. The molecule has 0 saturated carbocycles. The molecular formula is C21H26N6. The van der Waals surface area contributed by atoms with Crippen molar-refractivity contribution in [2.45, 2.75) is 12.8 Å². The summed E-state index contributed by atoms with van der Waals surface area (Å²) in [7, 11) is 0. The lowest BCUT2D eigenvalue weighted by Gasteiger charge is -2.40. The number of nitriles is 1. The largest absolute Gasteiger partial charge is 0.356 e. The molecule has 0 unspecified atom stereocenters. The van der Waals surface area contributed by atoms with Gasteiger partial charge in [0.05, 0.1) is 5.56 Å². The van der Waals surface area contributed by atoms with Crippen LogP contribution in [0.25, 0.3) is 0 Å². The fourth-order valence-corrected chi connectivity index (χ4v) is 4.13. The van der Waals surface area contributed by atoms with Crippen molar-refractivity contribution in [2.75, 3.05) is 55.6 Å². The summed E-state index contributed by atoms with van der Waals surface area (Å²) in [6.07, 6.45) is 6.04. The number of anilines is 2. The number of piperidine rings is 1. The third kappa shape index (κ3) is 4.37. The van der Waals surface area contributed by atoms with Crippen molar-refractivity contribution in [1.29, 1.82) is 5.26 Å². The Bertz CT molecular complexity index is 762. The van der Waals surface area contributed by atoms with Crippen molar-refractivity contribution < 1.29 is 0 Å². The molecule has 6 nitrogen and oxygen atoms in total. The monoisotopic (exact) mass is 362 g/mol. The molecule has 0 spiro atoms. The first-order chi connectivity index (χ1) is 13.3. The van der Waals surface area contributed by atoms with E-state index in [4.69, 9.17) is 5.26 Å². The molecule has 0 bridgehead atoms. The van der Waals surface area contributed by atoms with E-state index in [1.165, 1.54) is 12.8 Å². The first kappa shape index (κ1) is 17.7. The molecule has 0 radical (unpaired) electrons. The summed E-state index contributed by atoms with van der Waals surface area (Å²) in [5.74, 6) is 2.77. The molecule has 2 aromatic rings. The molecule has 0 N–H and O–H groups in total. The summed E-state index contributed by atoms with van der Waals surface area (Å²) in [5.41, 5.74) is 0.623. The Balaban J connectivity index is 1.29. The molecule has 140 valence electrons. The van der Waals surface area contributed by atoms with Gasteiger partial charge in [-0.2, -0.15) is 5.26 Å². The van der Waals surface area contributed by atoms with E-state index in [1.54, 1.807) is 6.20 Å². The summed E-state index contributed by atoms with van der Waals surface area (Å²) >= 11 is 0. The number of hydrogen-bond donors (Lipinski definition) is 0. The van der Waals surface area contributed by atoms with Gasteiger partial charge in [0.1, 0.15) is 17.7 Å². The zero-order valence-corrected chi connectivity index (χ0v) is 15.7. The van der Waals surface area contributed by atoms with E-state index >= 15 is 0 Å². The Morgan fingerprint density at radius 1 is 0.963 bits per heavy atom. The van der Waals surface area contributed by atoms with Crippen LogP contribution >= 0.6 is 0 Å². The highest BCUT2D eigenvalue weighted by atomic mass is 15.3. The second kappa shape index (κ2) is 8.36. The van der Waals surface area contributed by atoms with E-state index in [0.29, 0.717) is 11.5 Å². The van der Waals surface area contributed by atoms with E-state index in [1.807, 2.05) is 24.4 Å². The van der Waals surface area contributed by atoms with Crippen LogP contribution in [-0.4, -0.2) is 60.7 Å². The minimum Gasteiger partial charge on any atom is -0.356 e. The molecule has 4 heterocycles. The lowest BCUT2D eigenvalue weighted by Crippen LogP contribution is -2.50. The average Bonchev–Trinajstić information content (AvgIpc) is 2.75. The number of rotatable bonds is 4. The summed E-state index contributed by atoms with van der Waals surface area (Å²) in [6.45, 7) is 7.56. The van der Waals surface area contributed by atoms with Crippen molar-refractivity contribution in [3.8, 4) is 6.07 Å². The molecule has 1 atom stereocenters. The average molecular weight is 362 g/mol. The predicted octanol–water partition coefficient (Wildman–Crippen LogP) is 2.39. The molecule has 27 heavy (non-hydrogen) atoms. The van der Waals surface area contributed by atoms with Gasteiger partial charge in [0.2, 0.25) is 0 Å². The number of hydrogen-bond acceptors (Lipinski definition) is 6. The highest BCUT2D eigenvalue weighted by Gasteiger charge is 2.25. The minimum absolute atomic E-state index is 0.623. The van der Waals surface area contributed by atoms with Crippen LogP contribution in [0.2, 0.25) is 0 Å². The molecule has 4 rings (SSSR count). The van der Waals surface area contributed by atoms with Crippen LogP contribution in [0.15, 0.2) is 42.7 Å². The molecule has 0 amide bonds. The van der Waals surface area contributed by atoms with Gasteiger partial charge in [-0.25, -0.2) is 9.97 Å². The third-order valence-corrected chi connectivity index (χ3v) is 5.58. The van der Waals surface area contributed by atoms with Crippen molar-refractivity contribution >= 4 is 11.6 Å². The van der Waals surface area contributed by atoms with Crippen LogP contribution in [0.3, 0.4) is 0 Å². The molecule has 0 aromatic carbocycles. The summed E-state index contributed by atoms with van der Waals surface area (Å²) in [4.78, 5) is 16.3. The zero-order chi connectivity index (χ0) is 18.5. The number of nitrogens with zero attached hydrogens (tertiary/aromatic N) is 6. The van der Waals surface area contributed by atoms with Crippen LogP contribution < -0.4 is 9.80 Å². The molecule has 2 aromatic heterocycles. The maximum Gasteiger partial charge on any atom is 0.128 e. The second-order valence-corrected chi connectivity index (χ2v) is 7.45. The predicted molar refractivity (Wildman–Crippen MR) is 107 cm³/mol. The van der Waals surface area contributed by atoms with Gasteiger partial charge in [0.25, 0.3) is 0 Å². The smallest absolute Gasteiger partial charge is 0.128 e. The van der Waals surface area contributed by atoms with Gasteiger partial charge < -0.3 is 9.80 Å². The van der Waals surface area contributed by atoms with E-state index in [0.717, 1.165) is 57.4 Å². The van der Waals surface area contributed by atoms with Crippen LogP contribution in [0.1, 0.15) is 18.4 Å². The number of piperazine rings is 1. The third-order valence-electron chi connectivity index (χ3n) is 5.58.